The number of amides is 4. The van der Waals surface area contributed by atoms with Crippen LogP contribution in [0.3, 0.4) is 0 Å². The van der Waals surface area contributed by atoms with Crippen molar-refractivity contribution in [2.45, 2.75) is 12.1 Å². The number of carboxylic acids is 1. The molecule has 0 aromatic rings. The van der Waals surface area contributed by atoms with E-state index in [0.717, 1.165) is 0 Å². The predicted octanol–water partition coefficient (Wildman–Crippen LogP) is -1.49. The number of carboxylic acid groups (broad SMARTS) is 1. The normalized spacial score (nSPS) is 23.1. The minimum Gasteiger partial charge on any atom is -0.480 e. The zero-order chi connectivity index (χ0) is 14.7. The summed E-state index contributed by atoms with van der Waals surface area (Å²) >= 11 is 0. The summed E-state index contributed by atoms with van der Waals surface area (Å²) in [6.45, 7) is 1.64. The topological polar surface area (TPSA) is 111 Å². The molecule has 0 aromatic carbocycles. The van der Waals surface area contributed by atoms with Crippen molar-refractivity contribution >= 4 is 18.0 Å². The van der Waals surface area contributed by atoms with Crippen molar-refractivity contribution in [2.24, 2.45) is 0 Å². The minimum absolute atomic E-state index is 0.0484. The standard InChI is InChI=1S/C11H18N4O5/c1-20-6-8(9(16)17)13-11(19)14-2-3-15-7(5-14)4-12-10(15)18/h7-8H,2-6H2,1H3,(H,12,18)(H,13,19)(H,16,17). The van der Waals surface area contributed by atoms with E-state index in [1.165, 1.54) is 12.0 Å². The fraction of sp³-hybridized carbons (Fsp3) is 0.727. The van der Waals surface area contributed by atoms with Gasteiger partial charge >= 0.3 is 18.0 Å². The van der Waals surface area contributed by atoms with Crippen molar-refractivity contribution in [3.8, 4) is 0 Å². The predicted molar refractivity (Wildman–Crippen MR) is 67.3 cm³/mol. The van der Waals surface area contributed by atoms with Crippen molar-refractivity contribution in [3.05, 3.63) is 0 Å². The van der Waals surface area contributed by atoms with Gasteiger partial charge in [0.15, 0.2) is 6.04 Å². The van der Waals surface area contributed by atoms with Crippen LogP contribution in [0.25, 0.3) is 0 Å². The number of carbonyl (C=O) groups excluding carboxylic acids is 2. The van der Waals surface area contributed by atoms with Crippen molar-refractivity contribution in [2.75, 3.05) is 39.9 Å². The molecule has 2 rings (SSSR count). The van der Waals surface area contributed by atoms with Crippen molar-refractivity contribution in [3.63, 3.8) is 0 Å². The number of nitrogens with one attached hydrogen (secondary N) is 2. The number of nitrogens with zero attached hydrogens (tertiary/aromatic N) is 2. The second-order valence-electron chi connectivity index (χ2n) is 4.77. The van der Waals surface area contributed by atoms with Crippen molar-refractivity contribution in [1.82, 2.24) is 20.4 Å². The summed E-state index contributed by atoms with van der Waals surface area (Å²) in [6.07, 6.45) is 0. The summed E-state index contributed by atoms with van der Waals surface area (Å²) in [5.41, 5.74) is 0. The first-order valence-electron chi connectivity index (χ1n) is 6.34. The summed E-state index contributed by atoms with van der Waals surface area (Å²) in [7, 11) is 1.37. The number of rotatable bonds is 4. The Balaban J connectivity index is 1.90. The van der Waals surface area contributed by atoms with Crippen molar-refractivity contribution in [1.29, 1.82) is 0 Å². The van der Waals surface area contributed by atoms with Gasteiger partial charge in [0.25, 0.3) is 0 Å². The molecule has 112 valence electrons. The zero-order valence-electron chi connectivity index (χ0n) is 11.2. The molecule has 0 aliphatic carbocycles. The van der Waals surface area contributed by atoms with Gasteiger partial charge in [-0.25, -0.2) is 14.4 Å². The lowest BCUT2D eigenvalue weighted by Gasteiger charge is -2.36. The lowest BCUT2D eigenvalue weighted by Crippen LogP contribution is -2.58. The van der Waals surface area contributed by atoms with Crippen LogP contribution in [0.4, 0.5) is 9.59 Å². The number of fused-ring (bicyclic) bond motifs is 1. The van der Waals surface area contributed by atoms with Gasteiger partial charge in [0, 0.05) is 33.3 Å². The minimum atomic E-state index is -1.14. The molecule has 2 fully saturated rings. The summed E-state index contributed by atoms with van der Waals surface area (Å²) in [6, 6.07) is -1.69. The van der Waals surface area contributed by atoms with Crippen LogP contribution in [0.1, 0.15) is 0 Å². The maximum Gasteiger partial charge on any atom is 0.328 e. The molecule has 2 saturated heterocycles. The summed E-state index contributed by atoms with van der Waals surface area (Å²) in [5.74, 6) is -1.14. The number of urea groups is 2. The Bertz CT molecular complexity index is 416. The maximum atomic E-state index is 12.0. The average Bonchev–Trinajstić information content (AvgIpc) is 2.79. The molecule has 0 saturated carbocycles. The van der Waals surface area contributed by atoms with E-state index in [2.05, 4.69) is 10.6 Å². The van der Waals surface area contributed by atoms with Crippen LogP contribution in [-0.4, -0.2) is 84.9 Å². The highest BCUT2D eigenvalue weighted by atomic mass is 16.5. The Hall–Kier alpha value is -2.03. The smallest absolute Gasteiger partial charge is 0.328 e. The van der Waals surface area contributed by atoms with Crippen LogP contribution >= 0.6 is 0 Å². The Kier molecular flexibility index (Phi) is 4.28. The Morgan fingerprint density at radius 2 is 2.30 bits per heavy atom. The average molecular weight is 286 g/mol. The highest BCUT2D eigenvalue weighted by Gasteiger charge is 2.37. The first-order chi connectivity index (χ1) is 9.52. The lowest BCUT2D eigenvalue weighted by molar-refractivity contribution is -0.140. The molecule has 0 aromatic heterocycles. The second-order valence-corrected chi connectivity index (χ2v) is 4.77. The maximum absolute atomic E-state index is 12.0. The van der Waals surface area contributed by atoms with Gasteiger partial charge in [-0.05, 0) is 0 Å². The van der Waals surface area contributed by atoms with E-state index in [9.17, 15) is 14.4 Å². The van der Waals surface area contributed by atoms with Crippen LogP contribution in [0.15, 0.2) is 0 Å². The molecular weight excluding hydrogens is 268 g/mol. The van der Waals surface area contributed by atoms with E-state index in [1.807, 2.05) is 0 Å². The van der Waals surface area contributed by atoms with E-state index >= 15 is 0 Å². The van der Waals surface area contributed by atoms with Crippen LogP contribution in [-0.2, 0) is 9.53 Å². The fourth-order valence-electron chi connectivity index (χ4n) is 2.37. The third-order valence-corrected chi connectivity index (χ3v) is 3.45. The van der Waals surface area contributed by atoms with E-state index in [-0.39, 0.29) is 18.7 Å². The number of carbonyl (C=O) groups is 3. The molecule has 2 aliphatic rings. The molecule has 0 radical (unpaired) electrons. The summed E-state index contributed by atoms with van der Waals surface area (Å²) in [4.78, 5) is 37.6. The molecule has 9 heteroatoms. The molecule has 2 heterocycles. The number of methoxy groups -OCH3 is 1. The van der Waals surface area contributed by atoms with Gasteiger partial charge in [-0.15, -0.1) is 0 Å². The molecule has 9 nitrogen and oxygen atoms in total. The number of aliphatic carboxylic acids is 1. The second kappa shape index (κ2) is 5.95. The van der Waals surface area contributed by atoms with E-state index in [1.54, 1.807) is 4.90 Å². The molecule has 2 atom stereocenters. The molecule has 2 aliphatic heterocycles. The van der Waals surface area contributed by atoms with E-state index in [4.69, 9.17) is 9.84 Å². The summed E-state index contributed by atoms with van der Waals surface area (Å²) < 4.78 is 4.76. The number of ether oxygens (including phenoxy) is 1. The van der Waals surface area contributed by atoms with Crippen LogP contribution in [0.5, 0.6) is 0 Å². The largest absolute Gasteiger partial charge is 0.480 e. The van der Waals surface area contributed by atoms with E-state index < -0.39 is 18.0 Å². The number of piperazine rings is 1. The Labute approximate surface area is 115 Å². The van der Waals surface area contributed by atoms with E-state index in [0.29, 0.717) is 26.2 Å². The first-order valence-corrected chi connectivity index (χ1v) is 6.34. The molecule has 0 bridgehead atoms. The van der Waals surface area contributed by atoms with Crippen LogP contribution < -0.4 is 10.6 Å². The Morgan fingerprint density at radius 3 is 2.95 bits per heavy atom. The highest BCUT2D eigenvalue weighted by molar-refractivity contribution is 5.83. The van der Waals surface area contributed by atoms with Gasteiger partial charge in [-0.2, -0.15) is 0 Å². The molecule has 2 unspecified atom stereocenters. The van der Waals surface area contributed by atoms with Gasteiger partial charge in [-0.1, -0.05) is 0 Å². The molecule has 4 amide bonds. The number of hydrogen-bond acceptors (Lipinski definition) is 4. The summed E-state index contributed by atoms with van der Waals surface area (Å²) in [5, 5.41) is 14.1. The third-order valence-electron chi connectivity index (χ3n) is 3.45. The molecule has 0 spiro atoms. The van der Waals surface area contributed by atoms with Gasteiger partial charge in [0.1, 0.15) is 0 Å². The Morgan fingerprint density at radius 1 is 1.55 bits per heavy atom. The zero-order valence-corrected chi connectivity index (χ0v) is 11.2. The number of hydrogen-bond donors (Lipinski definition) is 3. The SMILES string of the molecule is COCC(NC(=O)N1CCN2C(=O)NCC2C1)C(=O)O. The van der Waals surface area contributed by atoms with Gasteiger partial charge in [-0.3, -0.25) is 0 Å². The third kappa shape index (κ3) is 2.93. The first kappa shape index (κ1) is 14.4. The molecule has 3 N–H and O–H groups in total. The van der Waals surface area contributed by atoms with Gasteiger partial charge in [0.2, 0.25) is 0 Å². The van der Waals surface area contributed by atoms with Gasteiger partial charge in [0.05, 0.1) is 12.6 Å². The fourth-order valence-corrected chi connectivity index (χ4v) is 2.37. The van der Waals surface area contributed by atoms with Crippen LogP contribution in [0, 0.1) is 0 Å². The quantitative estimate of drug-likeness (QED) is 0.583. The molecule has 20 heavy (non-hydrogen) atoms. The van der Waals surface area contributed by atoms with Gasteiger partial charge < -0.3 is 30.3 Å². The van der Waals surface area contributed by atoms with Crippen molar-refractivity contribution < 1.29 is 24.2 Å². The molecular formula is C11H18N4O5. The van der Waals surface area contributed by atoms with Crippen LogP contribution in [0.2, 0.25) is 0 Å². The lowest BCUT2D eigenvalue weighted by atomic mass is 10.2. The highest BCUT2D eigenvalue weighted by Crippen LogP contribution is 2.14. The monoisotopic (exact) mass is 286 g/mol.